The van der Waals surface area contributed by atoms with E-state index in [-0.39, 0.29) is 17.1 Å². The topological polar surface area (TPSA) is 49.3 Å². The standard InChI is InChI=1S/C13H10ClF2NO2S/c14-9-4-11(16)10(15)3-8(9)13(19)17-5-12(18)7-1-2-20-6-7/h1-4,6,12,18H,5H2,(H,17,19). The average molecular weight is 318 g/mol. The molecule has 106 valence electrons. The molecule has 0 bridgehead atoms. The molecule has 7 heteroatoms. The number of benzene rings is 1. The smallest absolute Gasteiger partial charge is 0.253 e. The summed E-state index contributed by atoms with van der Waals surface area (Å²) in [5.41, 5.74) is 0.495. The van der Waals surface area contributed by atoms with Crippen LogP contribution in [-0.2, 0) is 0 Å². The van der Waals surface area contributed by atoms with Crippen LogP contribution in [0.1, 0.15) is 22.0 Å². The average Bonchev–Trinajstić information content (AvgIpc) is 2.94. The summed E-state index contributed by atoms with van der Waals surface area (Å²) in [6.45, 7) is -0.0507. The molecule has 1 unspecified atom stereocenters. The van der Waals surface area contributed by atoms with Crippen molar-refractivity contribution in [2.24, 2.45) is 0 Å². The van der Waals surface area contributed by atoms with Gasteiger partial charge in [0.25, 0.3) is 5.91 Å². The lowest BCUT2D eigenvalue weighted by Gasteiger charge is -2.11. The first-order chi connectivity index (χ1) is 9.49. The summed E-state index contributed by atoms with van der Waals surface area (Å²) in [5, 5.41) is 15.6. The van der Waals surface area contributed by atoms with Gasteiger partial charge in [0.15, 0.2) is 11.6 Å². The molecule has 3 nitrogen and oxygen atoms in total. The molecular weight excluding hydrogens is 308 g/mol. The van der Waals surface area contributed by atoms with Crippen molar-refractivity contribution in [1.82, 2.24) is 5.32 Å². The first kappa shape index (κ1) is 14.9. The van der Waals surface area contributed by atoms with Crippen LogP contribution in [0.25, 0.3) is 0 Å². The number of nitrogens with one attached hydrogen (secondary N) is 1. The van der Waals surface area contributed by atoms with E-state index in [4.69, 9.17) is 11.6 Å². The Balaban J connectivity index is 2.04. The van der Waals surface area contributed by atoms with Crippen LogP contribution in [0.5, 0.6) is 0 Å². The fraction of sp³-hybridized carbons (Fsp3) is 0.154. The molecule has 2 rings (SSSR count). The number of hydrogen-bond acceptors (Lipinski definition) is 3. The Kier molecular flexibility index (Phi) is 4.69. The Hall–Kier alpha value is -1.50. The van der Waals surface area contributed by atoms with E-state index in [1.807, 2.05) is 0 Å². The number of aliphatic hydroxyl groups is 1. The van der Waals surface area contributed by atoms with E-state index in [1.54, 1.807) is 16.8 Å². The van der Waals surface area contributed by atoms with Gasteiger partial charge in [-0.2, -0.15) is 11.3 Å². The summed E-state index contributed by atoms with van der Waals surface area (Å²) < 4.78 is 26.0. The van der Waals surface area contributed by atoms with Gasteiger partial charge in [-0.1, -0.05) is 11.6 Å². The van der Waals surface area contributed by atoms with Crippen molar-refractivity contribution in [3.05, 3.63) is 56.7 Å². The Morgan fingerprint density at radius 2 is 2.10 bits per heavy atom. The van der Waals surface area contributed by atoms with Gasteiger partial charge in [-0.25, -0.2) is 8.78 Å². The van der Waals surface area contributed by atoms with Gasteiger partial charge in [-0.3, -0.25) is 4.79 Å². The van der Waals surface area contributed by atoms with Crippen LogP contribution < -0.4 is 5.32 Å². The number of amides is 1. The van der Waals surface area contributed by atoms with Crippen molar-refractivity contribution in [3.63, 3.8) is 0 Å². The van der Waals surface area contributed by atoms with E-state index >= 15 is 0 Å². The van der Waals surface area contributed by atoms with Crippen molar-refractivity contribution in [2.75, 3.05) is 6.54 Å². The van der Waals surface area contributed by atoms with Gasteiger partial charge in [-0.15, -0.1) is 0 Å². The number of carbonyl (C=O) groups excluding carboxylic acids is 1. The highest BCUT2D eigenvalue weighted by Gasteiger charge is 2.16. The number of aliphatic hydroxyl groups excluding tert-OH is 1. The molecule has 0 saturated carbocycles. The molecule has 1 atom stereocenters. The minimum atomic E-state index is -1.15. The first-order valence-electron chi connectivity index (χ1n) is 5.62. The quantitative estimate of drug-likeness (QED) is 0.851. The Labute approximate surface area is 122 Å². The summed E-state index contributed by atoms with van der Waals surface area (Å²) in [6, 6.07) is 3.19. The van der Waals surface area contributed by atoms with Gasteiger partial charge in [0.2, 0.25) is 0 Å². The van der Waals surface area contributed by atoms with Crippen LogP contribution in [0.4, 0.5) is 8.78 Å². The van der Waals surface area contributed by atoms with Gasteiger partial charge in [-0.05, 0) is 34.5 Å². The van der Waals surface area contributed by atoms with Crippen LogP contribution in [0.2, 0.25) is 5.02 Å². The summed E-state index contributed by atoms with van der Waals surface area (Å²) in [6.07, 6.45) is -0.866. The third-order valence-electron chi connectivity index (χ3n) is 2.64. The summed E-state index contributed by atoms with van der Waals surface area (Å²) >= 11 is 7.10. The fourth-order valence-electron chi connectivity index (χ4n) is 1.56. The van der Waals surface area contributed by atoms with Crippen LogP contribution >= 0.6 is 22.9 Å². The van der Waals surface area contributed by atoms with E-state index < -0.39 is 23.6 Å². The molecule has 0 fully saturated rings. The minimum Gasteiger partial charge on any atom is -0.387 e. The maximum atomic E-state index is 13.1. The molecule has 0 spiro atoms. The van der Waals surface area contributed by atoms with E-state index in [0.717, 1.165) is 12.1 Å². The molecule has 0 aliphatic rings. The molecular formula is C13H10ClF2NO2S. The van der Waals surface area contributed by atoms with E-state index in [0.29, 0.717) is 5.56 Å². The molecule has 20 heavy (non-hydrogen) atoms. The normalized spacial score (nSPS) is 12.2. The van der Waals surface area contributed by atoms with Crippen LogP contribution in [0.15, 0.2) is 29.0 Å². The van der Waals surface area contributed by atoms with E-state index in [9.17, 15) is 18.7 Å². The van der Waals surface area contributed by atoms with Crippen LogP contribution in [0.3, 0.4) is 0 Å². The monoisotopic (exact) mass is 317 g/mol. The second kappa shape index (κ2) is 6.30. The Bertz CT molecular complexity index is 619. The number of thiophene rings is 1. The summed E-state index contributed by atoms with van der Waals surface area (Å²) in [5.74, 6) is -2.95. The highest BCUT2D eigenvalue weighted by atomic mass is 35.5. The molecule has 0 aliphatic heterocycles. The second-order valence-electron chi connectivity index (χ2n) is 4.03. The number of rotatable bonds is 4. The summed E-state index contributed by atoms with van der Waals surface area (Å²) in [4.78, 5) is 11.8. The van der Waals surface area contributed by atoms with Gasteiger partial charge >= 0.3 is 0 Å². The van der Waals surface area contributed by atoms with Gasteiger partial charge < -0.3 is 10.4 Å². The predicted molar refractivity (Wildman–Crippen MR) is 73.0 cm³/mol. The molecule has 1 aromatic carbocycles. The minimum absolute atomic E-state index is 0.0507. The number of halogens is 3. The van der Waals surface area contributed by atoms with Gasteiger partial charge in [0.05, 0.1) is 16.7 Å². The summed E-state index contributed by atoms with van der Waals surface area (Å²) in [7, 11) is 0. The van der Waals surface area contributed by atoms with Crippen molar-refractivity contribution >= 4 is 28.8 Å². The van der Waals surface area contributed by atoms with Crippen molar-refractivity contribution < 1.29 is 18.7 Å². The Morgan fingerprint density at radius 1 is 1.40 bits per heavy atom. The zero-order valence-corrected chi connectivity index (χ0v) is 11.6. The number of hydrogen-bond donors (Lipinski definition) is 2. The first-order valence-corrected chi connectivity index (χ1v) is 6.94. The Morgan fingerprint density at radius 3 is 2.75 bits per heavy atom. The lowest BCUT2D eigenvalue weighted by Crippen LogP contribution is -2.28. The maximum absolute atomic E-state index is 13.1. The molecule has 2 aromatic rings. The van der Waals surface area contributed by atoms with E-state index in [1.165, 1.54) is 11.3 Å². The fourth-order valence-corrected chi connectivity index (χ4v) is 2.51. The predicted octanol–water partition coefficient (Wildman–Crippen LogP) is 3.14. The van der Waals surface area contributed by atoms with Crippen LogP contribution in [0, 0.1) is 11.6 Å². The molecule has 0 radical (unpaired) electrons. The number of carbonyl (C=O) groups is 1. The lowest BCUT2D eigenvalue weighted by atomic mass is 10.1. The molecule has 1 aromatic heterocycles. The lowest BCUT2D eigenvalue weighted by molar-refractivity contribution is 0.0916. The highest BCUT2D eigenvalue weighted by molar-refractivity contribution is 7.07. The third kappa shape index (κ3) is 3.33. The molecule has 2 N–H and O–H groups in total. The van der Waals surface area contributed by atoms with Crippen molar-refractivity contribution in [2.45, 2.75) is 6.10 Å². The SMILES string of the molecule is O=C(NCC(O)c1ccsc1)c1cc(F)c(F)cc1Cl. The third-order valence-corrected chi connectivity index (χ3v) is 3.65. The molecule has 1 amide bonds. The van der Waals surface area contributed by atoms with E-state index in [2.05, 4.69) is 5.32 Å². The van der Waals surface area contributed by atoms with Crippen molar-refractivity contribution in [3.8, 4) is 0 Å². The molecule has 0 saturated heterocycles. The van der Waals surface area contributed by atoms with Gasteiger partial charge in [0, 0.05) is 6.54 Å². The molecule has 0 aliphatic carbocycles. The second-order valence-corrected chi connectivity index (χ2v) is 5.22. The zero-order chi connectivity index (χ0) is 14.7. The van der Waals surface area contributed by atoms with Gasteiger partial charge in [0.1, 0.15) is 0 Å². The highest BCUT2D eigenvalue weighted by Crippen LogP contribution is 2.20. The van der Waals surface area contributed by atoms with Crippen LogP contribution in [-0.4, -0.2) is 17.6 Å². The molecule has 1 heterocycles. The van der Waals surface area contributed by atoms with Crippen molar-refractivity contribution in [1.29, 1.82) is 0 Å². The largest absolute Gasteiger partial charge is 0.387 e. The zero-order valence-electron chi connectivity index (χ0n) is 10.1. The maximum Gasteiger partial charge on any atom is 0.253 e.